The van der Waals surface area contributed by atoms with Crippen LogP contribution in [-0.2, 0) is 4.79 Å². The van der Waals surface area contributed by atoms with Crippen molar-refractivity contribution in [2.75, 3.05) is 5.32 Å². The van der Waals surface area contributed by atoms with Crippen molar-refractivity contribution in [3.63, 3.8) is 0 Å². The lowest BCUT2D eigenvalue weighted by molar-refractivity contribution is -0.118. The van der Waals surface area contributed by atoms with Crippen LogP contribution in [0.3, 0.4) is 0 Å². The van der Waals surface area contributed by atoms with Crippen molar-refractivity contribution >= 4 is 28.3 Å². The Morgan fingerprint density at radius 3 is 2.45 bits per heavy atom. The van der Waals surface area contributed by atoms with Crippen molar-refractivity contribution in [2.45, 2.75) is 33.7 Å². The van der Waals surface area contributed by atoms with Gasteiger partial charge in [-0.1, -0.05) is 67.1 Å². The molecule has 0 aliphatic rings. The summed E-state index contributed by atoms with van der Waals surface area (Å²) in [5.74, 6) is -0.671. The molecule has 3 rings (SSSR count). The number of rotatable bonds is 6. The first-order valence-corrected chi connectivity index (χ1v) is 10.2. The van der Waals surface area contributed by atoms with Gasteiger partial charge in [-0.3, -0.25) is 14.9 Å². The van der Waals surface area contributed by atoms with E-state index < -0.39 is 6.04 Å². The zero-order valence-corrected chi connectivity index (χ0v) is 17.7. The van der Waals surface area contributed by atoms with Crippen LogP contribution in [0.5, 0.6) is 0 Å². The van der Waals surface area contributed by atoms with Gasteiger partial charge in [0.05, 0.1) is 0 Å². The minimum atomic E-state index is -0.687. The zero-order valence-electron chi connectivity index (χ0n) is 16.9. The van der Waals surface area contributed by atoms with E-state index in [-0.39, 0.29) is 17.7 Å². The van der Waals surface area contributed by atoms with Gasteiger partial charge in [-0.25, -0.2) is 0 Å². The van der Waals surface area contributed by atoms with Gasteiger partial charge in [0, 0.05) is 11.1 Å². The topological polar surface area (TPSA) is 84.0 Å². The van der Waals surface area contributed by atoms with E-state index in [0.29, 0.717) is 10.7 Å². The van der Waals surface area contributed by atoms with Crippen LogP contribution in [0.1, 0.15) is 35.3 Å². The number of hydrogen-bond donors (Lipinski definition) is 2. The van der Waals surface area contributed by atoms with Gasteiger partial charge in [-0.2, -0.15) is 0 Å². The molecule has 0 spiro atoms. The average Bonchev–Trinajstić information content (AvgIpc) is 3.14. The van der Waals surface area contributed by atoms with Gasteiger partial charge >= 0.3 is 0 Å². The molecule has 7 heteroatoms. The third kappa shape index (κ3) is 5.06. The van der Waals surface area contributed by atoms with E-state index in [4.69, 9.17) is 0 Å². The zero-order chi connectivity index (χ0) is 21.0. The maximum atomic E-state index is 12.8. The predicted octanol–water partition coefficient (Wildman–Crippen LogP) is 4.22. The van der Waals surface area contributed by atoms with E-state index in [1.165, 1.54) is 11.3 Å². The molecule has 0 aliphatic heterocycles. The first kappa shape index (κ1) is 20.7. The normalized spacial score (nSPS) is 11.9. The highest BCUT2D eigenvalue weighted by molar-refractivity contribution is 7.18. The highest BCUT2D eigenvalue weighted by Crippen LogP contribution is 2.27. The summed E-state index contributed by atoms with van der Waals surface area (Å²) in [4.78, 5) is 25.5. The molecule has 2 aromatic carbocycles. The Bertz CT molecular complexity index is 1030. The van der Waals surface area contributed by atoms with Gasteiger partial charge in [0.25, 0.3) is 5.91 Å². The van der Waals surface area contributed by atoms with E-state index in [1.807, 2.05) is 64.1 Å². The Kier molecular flexibility index (Phi) is 6.39. The van der Waals surface area contributed by atoms with E-state index in [0.717, 1.165) is 21.7 Å². The number of nitrogens with zero attached hydrogens (tertiary/aromatic N) is 2. The molecule has 2 amide bonds. The summed E-state index contributed by atoms with van der Waals surface area (Å²) in [5.41, 5.74) is 3.50. The number of carbonyl (C=O) groups excluding carboxylic acids is 2. The third-order valence-corrected chi connectivity index (χ3v) is 5.43. The molecule has 0 radical (unpaired) electrons. The van der Waals surface area contributed by atoms with Crippen molar-refractivity contribution in [1.82, 2.24) is 15.5 Å². The van der Waals surface area contributed by atoms with Crippen LogP contribution in [0, 0.1) is 19.8 Å². The largest absolute Gasteiger partial charge is 0.340 e. The van der Waals surface area contributed by atoms with Gasteiger partial charge in [0.1, 0.15) is 11.0 Å². The summed E-state index contributed by atoms with van der Waals surface area (Å²) in [6.07, 6.45) is 0. The minimum Gasteiger partial charge on any atom is -0.340 e. The second-order valence-corrected chi connectivity index (χ2v) is 8.26. The van der Waals surface area contributed by atoms with Crippen molar-refractivity contribution in [1.29, 1.82) is 0 Å². The fraction of sp³-hybridized carbons (Fsp3) is 0.273. The molecule has 6 nitrogen and oxygen atoms in total. The second-order valence-electron chi connectivity index (χ2n) is 7.28. The number of benzene rings is 2. The minimum absolute atomic E-state index is 0.0906. The number of amides is 2. The molecule has 1 aromatic heterocycles. The molecule has 3 aromatic rings. The highest BCUT2D eigenvalue weighted by atomic mass is 32.1. The monoisotopic (exact) mass is 408 g/mol. The first-order valence-electron chi connectivity index (χ1n) is 9.43. The summed E-state index contributed by atoms with van der Waals surface area (Å²) in [7, 11) is 0. The van der Waals surface area contributed by atoms with Gasteiger partial charge in [-0.15, -0.1) is 10.2 Å². The van der Waals surface area contributed by atoms with Crippen LogP contribution in [0.2, 0.25) is 0 Å². The summed E-state index contributed by atoms with van der Waals surface area (Å²) in [6, 6.07) is 14.6. The standard InChI is InChI=1S/C22H24N4O2S/c1-13(2)18(23-19(27)17-11-6-5-9-15(17)4)20(28)24-22-26-25-21(29-22)16-10-7-8-14(3)12-16/h5-13,18H,1-4H3,(H,23,27)(H,24,26,28)/t18-/m1/s1. The van der Waals surface area contributed by atoms with Gasteiger partial charge in [0.2, 0.25) is 11.0 Å². The number of hydrogen-bond acceptors (Lipinski definition) is 5. The number of aryl methyl sites for hydroxylation is 2. The molecule has 150 valence electrons. The maximum Gasteiger partial charge on any atom is 0.252 e. The lowest BCUT2D eigenvalue weighted by atomic mass is 10.0. The molecule has 0 fully saturated rings. The van der Waals surface area contributed by atoms with E-state index in [9.17, 15) is 9.59 Å². The van der Waals surface area contributed by atoms with Crippen molar-refractivity contribution in [3.05, 3.63) is 65.2 Å². The van der Waals surface area contributed by atoms with Crippen LogP contribution in [0.4, 0.5) is 5.13 Å². The number of carbonyl (C=O) groups is 2. The number of aromatic nitrogens is 2. The number of anilines is 1. The molecule has 0 aliphatic carbocycles. The Hall–Kier alpha value is -3.06. The van der Waals surface area contributed by atoms with Crippen LogP contribution >= 0.6 is 11.3 Å². The van der Waals surface area contributed by atoms with Gasteiger partial charge in [-0.05, 0) is 37.5 Å². The molecular weight excluding hydrogens is 384 g/mol. The quantitative estimate of drug-likeness (QED) is 0.640. The fourth-order valence-electron chi connectivity index (χ4n) is 2.93. The first-order chi connectivity index (χ1) is 13.8. The van der Waals surface area contributed by atoms with Crippen LogP contribution < -0.4 is 10.6 Å². The molecule has 0 bridgehead atoms. The molecular formula is C22H24N4O2S. The Morgan fingerprint density at radius 1 is 1.00 bits per heavy atom. The smallest absolute Gasteiger partial charge is 0.252 e. The van der Waals surface area contributed by atoms with Gasteiger partial charge < -0.3 is 5.32 Å². The average molecular weight is 409 g/mol. The van der Waals surface area contributed by atoms with Gasteiger partial charge in [0.15, 0.2) is 0 Å². The van der Waals surface area contributed by atoms with Crippen LogP contribution in [0.15, 0.2) is 48.5 Å². The molecule has 0 saturated heterocycles. The Morgan fingerprint density at radius 2 is 1.76 bits per heavy atom. The molecule has 1 atom stereocenters. The maximum absolute atomic E-state index is 12.8. The fourth-order valence-corrected chi connectivity index (χ4v) is 3.68. The van der Waals surface area contributed by atoms with E-state index in [1.54, 1.807) is 12.1 Å². The van der Waals surface area contributed by atoms with Crippen molar-refractivity contribution in [2.24, 2.45) is 5.92 Å². The summed E-state index contributed by atoms with van der Waals surface area (Å²) in [5, 5.41) is 15.0. The Balaban J connectivity index is 1.72. The van der Waals surface area contributed by atoms with Crippen molar-refractivity contribution < 1.29 is 9.59 Å². The number of nitrogens with one attached hydrogen (secondary N) is 2. The summed E-state index contributed by atoms with van der Waals surface area (Å²) >= 11 is 1.30. The molecule has 29 heavy (non-hydrogen) atoms. The highest BCUT2D eigenvalue weighted by Gasteiger charge is 2.26. The molecule has 2 N–H and O–H groups in total. The lowest BCUT2D eigenvalue weighted by Gasteiger charge is -2.21. The molecule has 1 heterocycles. The second kappa shape index (κ2) is 8.96. The molecule has 0 unspecified atom stereocenters. The van der Waals surface area contributed by atoms with E-state index in [2.05, 4.69) is 20.8 Å². The SMILES string of the molecule is Cc1cccc(-c2nnc(NC(=O)[C@H](NC(=O)c3ccccc3C)C(C)C)s2)c1. The summed E-state index contributed by atoms with van der Waals surface area (Å²) < 4.78 is 0. The Labute approximate surface area is 174 Å². The molecule has 0 saturated carbocycles. The van der Waals surface area contributed by atoms with E-state index >= 15 is 0 Å². The third-order valence-electron chi connectivity index (χ3n) is 4.55. The lowest BCUT2D eigenvalue weighted by Crippen LogP contribution is -2.47. The van der Waals surface area contributed by atoms with Crippen molar-refractivity contribution in [3.8, 4) is 10.6 Å². The summed E-state index contributed by atoms with van der Waals surface area (Å²) in [6.45, 7) is 7.66. The van der Waals surface area contributed by atoms with Crippen LogP contribution in [-0.4, -0.2) is 28.1 Å². The van der Waals surface area contributed by atoms with Crippen LogP contribution in [0.25, 0.3) is 10.6 Å². The predicted molar refractivity (Wildman–Crippen MR) is 116 cm³/mol.